The van der Waals surface area contributed by atoms with E-state index < -0.39 is 24.1 Å². The first-order chi connectivity index (χ1) is 12.5. The standard InChI is InChI=1S/C20H27NO5/c1-13(20(24)25-2)26-16-9-7-14(8-10-16)12-21-17-6-4-3-5-15(17)11-18(21)19(22)23/h7-10,13,15,17-18H,3-6,11-12H2,1-2H3,(H,22,23). The smallest absolute Gasteiger partial charge is 0.346 e. The molecule has 0 spiro atoms. The van der Waals surface area contributed by atoms with E-state index in [9.17, 15) is 14.7 Å². The van der Waals surface area contributed by atoms with E-state index in [0.29, 0.717) is 24.3 Å². The van der Waals surface area contributed by atoms with Crippen LogP contribution in [0.3, 0.4) is 0 Å². The Hall–Kier alpha value is -2.08. The fourth-order valence-electron chi connectivity index (χ4n) is 4.33. The van der Waals surface area contributed by atoms with Crippen LogP contribution >= 0.6 is 0 Å². The molecule has 0 radical (unpaired) electrons. The number of rotatable bonds is 6. The van der Waals surface area contributed by atoms with Gasteiger partial charge in [-0.15, -0.1) is 0 Å². The molecule has 0 bridgehead atoms. The molecule has 0 amide bonds. The van der Waals surface area contributed by atoms with Gasteiger partial charge in [0.05, 0.1) is 7.11 Å². The van der Waals surface area contributed by atoms with Crippen LogP contribution in [0.15, 0.2) is 24.3 Å². The monoisotopic (exact) mass is 361 g/mol. The fourth-order valence-corrected chi connectivity index (χ4v) is 4.33. The van der Waals surface area contributed by atoms with Crippen molar-refractivity contribution in [3.05, 3.63) is 29.8 Å². The summed E-state index contributed by atoms with van der Waals surface area (Å²) < 4.78 is 10.2. The van der Waals surface area contributed by atoms with Crippen molar-refractivity contribution < 1.29 is 24.2 Å². The summed E-state index contributed by atoms with van der Waals surface area (Å²) >= 11 is 0. The number of carbonyl (C=O) groups is 2. The Morgan fingerprint density at radius 3 is 2.58 bits per heavy atom. The molecule has 1 saturated carbocycles. The summed E-state index contributed by atoms with van der Waals surface area (Å²) in [5.41, 5.74) is 1.06. The van der Waals surface area contributed by atoms with Gasteiger partial charge in [-0.2, -0.15) is 0 Å². The van der Waals surface area contributed by atoms with Gasteiger partial charge in [0.1, 0.15) is 11.8 Å². The van der Waals surface area contributed by atoms with Gasteiger partial charge in [-0.25, -0.2) is 4.79 Å². The minimum Gasteiger partial charge on any atom is -0.480 e. The number of methoxy groups -OCH3 is 1. The zero-order valence-electron chi connectivity index (χ0n) is 15.4. The average molecular weight is 361 g/mol. The first-order valence-electron chi connectivity index (χ1n) is 9.31. The van der Waals surface area contributed by atoms with Gasteiger partial charge in [-0.05, 0) is 49.8 Å². The van der Waals surface area contributed by atoms with E-state index in [1.807, 2.05) is 24.3 Å². The molecule has 1 N–H and O–H groups in total. The maximum absolute atomic E-state index is 11.7. The number of carbonyl (C=O) groups excluding carboxylic acids is 1. The van der Waals surface area contributed by atoms with Gasteiger partial charge in [0.25, 0.3) is 0 Å². The quantitative estimate of drug-likeness (QED) is 0.785. The maximum Gasteiger partial charge on any atom is 0.346 e. The summed E-state index contributed by atoms with van der Waals surface area (Å²) in [7, 11) is 1.33. The summed E-state index contributed by atoms with van der Waals surface area (Å²) in [6.07, 6.45) is 4.73. The van der Waals surface area contributed by atoms with Crippen molar-refractivity contribution in [2.45, 2.75) is 63.8 Å². The molecule has 3 rings (SSSR count). The lowest BCUT2D eigenvalue weighted by molar-refractivity contribution is -0.148. The summed E-state index contributed by atoms with van der Waals surface area (Å²) in [5, 5.41) is 9.62. The number of nitrogens with zero attached hydrogens (tertiary/aromatic N) is 1. The van der Waals surface area contributed by atoms with Crippen molar-refractivity contribution >= 4 is 11.9 Å². The third kappa shape index (κ3) is 4.01. The maximum atomic E-state index is 11.7. The highest BCUT2D eigenvalue weighted by Gasteiger charge is 2.44. The number of aliphatic carboxylic acids is 1. The normalized spacial score (nSPS) is 26.8. The zero-order chi connectivity index (χ0) is 18.7. The average Bonchev–Trinajstić information content (AvgIpc) is 3.01. The zero-order valence-corrected chi connectivity index (χ0v) is 15.4. The van der Waals surface area contributed by atoms with E-state index in [0.717, 1.165) is 24.8 Å². The van der Waals surface area contributed by atoms with Crippen LogP contribution < -0.4 is 4.74 Å². The molecule has 4 unspecified atom stereocenters. The third-order valence-corrected chi connectivity index (χ3v) is 5.64. The van der Waals surface area contributed by atoms with Gasteiger partial charge in [-0.1, -0.05) is 25.0 Å². The van der Waals surface area contributed by atoms with Crippen LogP contribution in [0.5, 0.6) is 5.75 Å². The Bertz CT molecular complexity index is 644. The molecule has 142 valence electrons. The number of hydrogen-bond donors (Lipinski definition) is 1. The van der Waals surface area contributed by atoms with E-state index in [1.165, 1.54) is 20.0 Å². The number of benzene rings is 1. The highest BCUT2D eigenvalue weighted by Crippen LogP contribution is 2.40. The predicted molar refractivity (Wildman–Crippen MR) is 95.9 cm³/mol. The van der Waals surface area contributed by atoms with Crippen LogP contribution in [-0.2, 0) is 20.9 Å². The number of likely N-dealkylation sites (tertiary alicyclic amines) is 1. The van der Waals surface area contributed by atoms with E-state index in [4.69, 9.17) is 4.74 Å². The number of ether oxygens (including phenoxy) is 2. The topological polar surface area (TPSA) is 76.1 Å². The first kappa shape index (κ1) is 18.7. The van der Waals surface area contributed by atoms with Gasteiger partial charge in [0.2, 0.25) is 0 Å². The Morgan fingerprint density at radius 2 is 1.92 bits per heavy atom. The van der Waals surface area contributed by atoms with Gasteiger partial charge < -0.3 is 14.6 Å². The Kier molecular flexibility index (Phi) is 5.81. The van der Waals surface area contributed by atoms with Crippen molar-refractivity contribution in [3.63, 3.8) is 0 Å². The summed E-state index contributed by atoms with van der Waals surface area (Å²) in [6.45, 7) is 2.27. The molecule has 1 aromatic rings. The van der Waals surface area contributed by atoms with Gasteiger partial charge in [-0.3, -0.25) is 9.69 Å². The fraction of sp³-hybridized carbons (Fsp3) is 0.600. The second-order valence-electron chi connectivity index (χ2n) is 7.30. The number of carboxylic acids is 1. The van der Waals surface area contributed by atoms with Crippen molar-refractivity contribution in [2.75, 3.05) is 7.11 Å². The molecule has 1 heterocycles. The molecule has 2 fully saturated rings. The van der Waals surface area contributed by atoms with Gasteiger partial charge >= 0.3 is 11.9 Å². The van der Waals surface area contributed by atoms with Gasteiger partial charge in [0.15, 0.2) is 6.10 Å². The second kappa shape index (κ2) is 8.08. The first-order valence-corrected chi connectivity index (χ1v) is 9.31. The Labute approximate surface area is 154 Å². The van der Waals surface area contributed by atoms with Crippen molar-refractivity contribution in [1.29, 1.82) is 0 Å². The Morgan fingerprint density at radius 1 is 1.23 bits per heavy atom. The van der Waals surface area contributed by atoms with Crippen molar-refractivity contribution in [3.8, 4) is 5.75 Å². The summed E-state index contributed by atoms with van der Waals surface area (Å²) in [4.78, 5) is 25.3. The van der Waals surface area contributed by atoms with Crippen molar-refractivity contribution in [2.24, 2.45) is 5.92 Å². The van der Waals surface area contributed by atoms with Crippen LogP contribution in [0.2, 0.25) is 0 Å². The lowest BCUT2D eigenvalue weighted by atomic mass is 9.84. The van der Waals surface area contributed by atoms with E-state index >= 15 is 0 Å². The third-order valence-electron chi connectivity index (χ3n) is 5.64. The molecule has 6 heteroatoms. The van der Waals surface area contributed by atoms with Crippen LogP contribution in [0.25, 0.3) is 0 Å². The SMILES string of the molecule is COC(=O)C(C)Oc1ccc(CN2C(C(=O)O)CC3CCCCC32)cc1. The van der Waals surface area contributed by atoms with Crippen molar-refractivity contribution in [1.82, 2.24) is 4.90 Å². The molecule has 0 aromatic heterocycles. The molecule has 1 aliphatic carbocycles. The molecule has 26 heavy (non-hydrogen) atoms. The molecule has 1 aromatic carbocycles. The minimum absolute atomic E-state index is 0.375. The number of esters is 1. The predicted octanol–water partition coefficient (Wildman–Crippen LogP) is 2.84. The highest BCUT2D eigenvalue weighted by atomic mass is 16.6. The van der Waals surface area contributed by atoms with E-state index in [-0.39, 0.29) is 0 Å². The van der Waals surface area contributed by atoms with Gasteiger partial charge in [0, 0.05) is 12.6 Å². The largest absolute Gasteiger partial charge is 0.480 e. The second-order valence-corrected chi connectivity index (χ2v) is 7.30. The molecular formula is C20H27NO5. The van der Waals surface area contributed by atoms with E-state index in [1.54, 1.807) is 6.92 Å². The Balaban J connectivity index is 1.67. The molecule has 6 nitrogen and oxygen atoms in total. The van der Waals surface area contributed by atoms with Crippen LogP contribution in [0.1, 0.15) is 44.6 Å². The molecule has 2 aliphatic rings. The van der Waals surface area contributed by atoms with Crippen LogP contribution in [0.4, 0.5) is 0 Å². The lowest BCUT2D eigenvalue weighted by Gasteiger charge is -2.33. The minimum atomic E-state index is -0.716. The number of carboxylic acid groups (broad SMARTS) is 1. The number of fused-ring (bicyclic) bond motifs is 1. The summed E-state index contributed by atoms with van der Waals surface area (Å²) in [6, 6.07) is 7.50. The lowest BCUT2D eigenvalue weighted by Crippen LogP contribution is -2.41. The van der Waals surface area contributed by atoms with Crippen LogP contribution in [0, 0.1) is 5.92 Å². The molecule has 1 aliphatic heterocycles. The number of hydrogen-bond acceptors (Lipinski definition) is 5. The highest BCUT2D eigenvalue weighted by molar-refractivity contribution is 5.74. The molecule has 1 saturated heterocycles. The van der Waals surface area contributed by atoms with Crippen LogP contribution in [-0.4, -0.2) is 47.2 Å². The molecular weight excluding hydrogens is 334 g/mol. The molecule has 4 atom stereocenters. The van der Waals surface area contributed by atoms with E-state index in [2.05, 4.69) is 9.64 Å². The summed E-state index contributed by atoms with van der Waals surface area (Å²) in [5.74, 6) is -0.0307.